The third kappa shape index (κ3) is 6.33. The van der Waals surface area contributed by atoms with E-state index in [-0.39, 0.29) is 5.69 Å². The van der Waals surface area contributed by atoms with Gasteiger partial charge in [0.25, 0.3) is 5.91 Å². The zero-order valence-corrected chi connectivity index (χ0v) is 19.2. The predicted octanol–water partition coefficient (Wildman–Crippen LogP) is 3.37. The number of rotatable bonds is 8. The normalized spacial score (nSPS) is 16.4. The molecule has 164 valence electrons. The molecule has 8 heteroatoms. The molecule has 0 atom stereocenters. The molecule has 0 unspecified atom stereocenters. The smallest absolute Gasteiger partial charge is 0.270 e. The summed E-state index contributed by atoms with van der Waals surface area (Å²) in [6.45, 7) is 13.6. The molecule has 0 bridgehead atoms. The Hall–Kier alpha value is -2.81. The molecule has 3 N–H and O–H groups in total. The first-order chi connectivity index (χ1) is 14.8. The average Bonchev–Trinajstić information content (AvgIpc) is 3.18. The number of pyridine rings is 1. The van der Waals surface area contributed by atoms with Crippen molar-refractivity contribution in [2.24, 2.45) is 5.73 Å². The van der Waals surface area contributed by atoms with Crippen molar-refractivity contribution in [3.63, 3.8) is 0 Å². The number of piperazine rings is 1. The molecule has 0 aromatic carbocycles. The fourth-order valence-electron chi connectivity index (χ4n) is 3.20. The van der Waals surface area contributed by atoms with Crippen LogP contribution in [0.4, 0.5) is 5.00 Å². The number of nitrogens with one attached hydrogen (secondary N) is 1. The fourth-order valence-corrected chi connectivity index (χ4v) is 4.21. The summed E-state index contributed by atoms with van der Waals surface area (Å²) in [6, 6.07) is 3.70. The van der Waals surface area contributed by atoms with E-state index in [2.05, 4.69) is 57.8 Å². The number of primary amides is 1. The highest BCUT2D eigenvalue weighted by Gasteiger charge is 2.18. The zero-order valence-electron chi connectivity index (χ0n) is 18.4. The van der Waals surface area contributed by atoms with Crippen molar-refractivity contribution < 1.29 is 4.79 Å². The minimum Gasteiger partial charge on any atom is -0.364 e. The molecule has 2 aromatic heterocycles. The van der Waals surface area contributed by atoms with Crippen LogP contribution in [0.3, 0.4) is 0 Å². The number of likely N-dealkylation sites (N-methyl/N-ethyl adjacent to an activating group) is 1. The zero-order chi connectivity index (χ0) is 22.4. The van der Waals surface area contributed by atoms with Crippen LogP contribution in [0.1, 0.15) is 24.3 Å². The third-order valence-corrected chi connectivity index (χ3v) is 6.23. The number of carbonyl (C=O) groups is 1. The molecule has 1 saturated heterocycles. The van der Waals surface area contributed by atoms with Crippen LogP contribution in [0.2, 0.25) is 0 Å². The van der Waals surface area contributed by atoms with Crippen molar-refractivity contribution in [2.45, 2.75) is 13.8 Å². The lowest BCUT2D eigenvalue weighted by Gasteiger charge is -2.32. The number of hydrogen-bond donors (Lipinski definition) is 2. The minimum atomic E-state index is -0.573. The average molecular weight is 439 g/mol. The Morgan fingerprint density at radius 2 is 1.90 bits per heavy atom. The minimum absolute atomic E-state index is 0.215. The van der Waals surface area contributed by atoms with Gasteiger partial charge in [0.15, 0.2) is 5.69 Å². The van der Waals surface area contributed by atoms with Gasteiger partial charge in [0.05, 0.1) is 0 Å². The van der Waals surface area contributed by atoms with E-state index < -0.39 is 5.91 Å². The molecule has 1 amide bonds. The first kappa shape index (κ1) is 22.9. The second kappa shape index (κ2) is 10.5. The first-order valence-electron chi connectivity index (χ1n) is 10.3. The molecule has 1 aliphatic heterocycles. The van der Waals surface area contributed by atoms with Crippen LogP contribution in [0.15, 0.2) is 60.1 Å². The Bertz CT molecular complexity index is 987. The number of carbonyl (C=O) groups excluding carboxylic acids is 1. The van der Waals surface area contributed by atoms with E-state index in [1.54, 1.807) is 12.4 Å². The molecule has 0 saturated carbocycles. The van der Waals surface area contributed by atoms with Crippen LogP contribution in [-0.2, 0) is 0 Å². The standard InChI is InChI=1S/C23H30N6OS/c1-16(15-29-13-11-28(4)12-14-29)5-6-17(2)18(3)26-23-20(21(24)30)27-22(31-23)19-7-9-25-10-8-19/h5-10,26H,3,11-15H2,1-2,4H3,(H2,24,30)/b16-5+,17-6+. The van der Waals surface area contributed by atoms with Gasteiger partial charge in [0.2, 0.25) is 0 Å². The van der Waals surface area contributed by atoms with Crippen LogP contribution >= 0.6 is 11.3 Å². The summed E-state index contributed by atoms with van der Waals surface area (Å²) in [5, 5.41) is 4.52. The number of amides is 1. The second-order valence-electron chi connectivity index (χ2n) is 7.84. The van der Waals surface area contributed by atoms with E-state index >= 15 is 0 Å². The number of nitrogens with zero attached hydrogens (tertiary/aromatic N) is 4. The lowest BCUT2D eigenvalue weighted by molar-refractivity contribution is 0.0997. The lowest BCUT2D eigenvalue weighted by Crippen LogP contribution is -2.44. The van der Waals surface area contributed by atoms with Crippen molar-refractivity contribution >= 4 is 22.2 Å². The summed E-state index contributed by atoms with van der Waals surface area (Å²) >= 11 is 1.37. The maximum atomic E-state index is 11.9. The van der Waals surface area contributed by atoms with Crippen molar-refractivity contribution in [3.8, 4) is 10.6 Å². The molecule has 3 heterocycles. The summed E-state index contributed by atoms with van der Waals surface area (Å²) in [6.07, 6.45) is 7.56. The SMILES string of the molecule is C=C(Nc1sc(-c2ccncc2)nc1C(N)=O)/C(C)=C/C=C(\C)CN1CCN(C)CC1. The van der Waals surface area contributed by atoms with E-state index in [0.29, 0.717) is 15.7 Å². The number of aromatic nitrogens is 2. The third-order valence-electron chi connectivity index (χ3n) is 5.22. The van der Waals surface area contributed by atoms with E-state index in [1.807, 2.05) is 19.1 Å². The quantitative estimate of drug-likeness (QED) is 0.615. The van der Waals surface area contributed by atoms with Gasteiger partial charge in [-0.25, -0.2) is 4.98 Å². The van der Waals surface area contributed by atoms with E-state index in [0.717, 1.165) is 43.9 Å². The molecular formula is C23H30N6OS. The number of nitrogens with two attached hydrogens (primary N) is 1. The predicted molar refractivity (Wildman–Crippen MR) is 128 cm³/mol. The monoisotopic (exact) mass is 438 g/mol. The maximum Gasteiger partial charge on any atom is 0.270 e. The number of thiazole rings is 1. The van der Waals surface area contributed by atoms with Crippen LogP contribution < -0.4 is 11.1 Å². The Morgan fingerprint density at radius 3 is 2.55 bits per heavy atom. The number of anilines is 1. The van der Waals surface area contributed by atoms with Crippen LogP contribution in [-0.4, -0.2) is 65.4 Å². The van der Waals surface area contributed by atoms with Gasteiger partial charge in [-0.15, -0.1) is 0 Å². The van der Waals surface area contributed by atoms with E-state index in [1.165, 1.54) is 16.9 Å². The summed E-state index contributed by atoms with van der Waals surface area (Å²) in [4.78, 5) is 25.2. The van der Waals surface area contributed by atoms with Gasteiger partial charge in [-0.1, -0.05) is 35.6 Å². The van der Waals surface area contributed by atoms with E-state index in [9.17, 15) is 4.79 Å². The molecule has 0 radical (unpaired) electrons. The van der Waals surface area contributed by atoms with Crippen LogP contribution in [0.5, 0.6) is 0 Å². The molecule has 0 spiro atoms. The number of allylic oxidation sites excluding steroid dienone is 3. The van der Waals surface area contributed by atoms with E-state index in [4.69, 9.17) is 5.73 Å². The van der Waals surface area contributed by atoms with Gasteiger partial charge in [-0.3, -0.25) is 14.7 Å². The summed E-state index contributed by atoms with van der Waals surface area (Å²) in [7, 11) is 2.16. The van der Waals surface area contributed by atoms with Gasteiger partial charge in [0, 0.05) is 56.4 Å². The van der Waals surface area contributed by atoms with Gasteiger partial charge < -0.3 is 16.0 Å². The van der Waals surface area contributed by atoms with Crippen molar-refractivity contribution in [3.05, 3.63) is 65.8 Å². The second-order valence-corrected chi connectivity index (χ2v) is 8.84. The summed E-state index contributed by atoms with van der Waals surface area (Å²) in [5.74, 6) is -0.573. The summed E-state index contributed by atoms with van der Waals surface area (Å²) < 4.78 is 0. The Labute approximate surface area is 188 Å². The Kier molecular flexibility index (Phi) is 7.73. The lowest BCUT2D eigenvalue weighted by atomic mass is 10.1. The van der Waals surface area contributed by atoms with Gasteiger partial charge in [-0.05, 0) is 38.6 Å². The fraction of sp³-hybridized carbons (Fsp3) is 0.348. The van der Waals surface area contributed by atoms with Crippen LogP contribution in [0, 0.1) is 0 Å². The highest BCUT2D eigenvalue weighted by molar-refractivity contribution is 7.19. The van der Waals surface area contributed by atoms with Crippen molar-refractivity contribution in [2.75, 3.05) is 45.1 Å². The molecule has 0 aliphatic carbocycles. The highest BCUT2D eigenvalue weighted by atomic mass is 32.1. The van der Waals surface area contributed by atoms with Crippen molar-refractivity contribution in [1.82, 2.24) is 19.8 Å². The van der Waals surface area contributed by atoms with Gasteiger partial charge in [0.1, 0.15) is 10.0 Å². The summed E-state index contributed by atoms with van der Waals surface area (Å²) in [5.41, 5.74) is 9.63. The molecular weight excluding hydrogens is 408 g/mol. The molecule has 2 aromatic rings. The molecule has 1 aliphatic rings. The van der Waals surface area contributed by atoms with Crippen molar-refractivity contribution in [1.29, 1.82) is 0 Å². The Morgan fingerprint density at radius 1 is 1.23 bits per heavy atom. The Balaban J connectivity index is 1.67. The largest absolute Gasteiger partial charge is 0.364 e. The molecule has 31 heavy (non-hydrogen) atoms. The molecule has 1 fully saturated rings. The topological polar surface area (TPSA) is 87.4 Å². The highest BCUT2D eigenvalue weighted by Crippen LogP contribution is 2.33. The molecule has 7 nitrogen and oxygen atoms in total. The van der Waals surface area contributed by atoms with Gasteiger partial charge in [-0.2, -0.15) is 0 Å². The van der Waals surface area contributed by atoms with Crippen LogP contribution in [0.25, 0.3) is 10.6 Å². The number of hydrogen-bond acceptors (Lipinski definition) is 7. The van der Waals surface area contributed by atoms with Gasteiger partial charge >= 0.3 is 0 Å². The first-order valence-corrected chi connectivity index (χ1v) is 11.1. The maximum absolute atomic E-state index is 11.9. The molecule has 3 rings (SSSR count).